The lowest BCUT2D eigenvalue weighted by molar-refractivity contribution is -0.139. The fourth-order valence-electron chi connectivity index (χ4n) is 3.94. The molecule has 0 unspecified atom stereocenters. The van der Waals surface area contributed by atoms with Gasteiger partial charge in [-0.25, -0.2) is 9.78 Å². The molecular weight excluding hydrogens is 468 g/mol. The number of fused-ring (bicyclic) bond motifs is 1. The quantitative estimate of drug-likeness (QED) is 0.316. The van der Waals surface area contributed by atoms with E-state index < -0.39 is 17.9 Å². The van der Waals surface area contributed by atoms with Gasteiger partial charge in [-0.2, -0.15) is 0 Å². The summed E-state index contributed by atoms with van der Waals surface area (Å²) in [5, 5.41) is 12.3. The molecule has 8 heteroatoms. The van der Waals surface area contributed by atoms with Crippen molar-refractivity contribution >= 4 is 17.5 Å². The number of carbonyl (C=O) groups excluding carboxylic acids is 1. The molecule has 0 spiro atoms. The van der Waals surface area contributed by atoms with Crippen LogP contribution >= 0.6 is 0 Å². The van der Waals surface area contributed by atoms with E-state index in [9.17, 15) is 14.7 Å². The highest BCUT2D eigenvalue weighted by Gasteiger charge is 2.22. The summed E-state index contributed by atoms with van der Waals surface area (Å²) < 4.78 is 7.52. The summed E-state index contributed by atoms with van der Waals surface area (Å²) in [5.41, 5.74) is 4.39. The number of rotatable bonds is 9. The number of carboxylic acids is 1. The number of hydrogen-bond acceptors (Lipinski definition) is 5. The minimum Gasteiger partial charge on any atom is -0.489 e. The van der Waals surface area contributed by atoms with Gasteiger partial charge in [-0.05, 0) is 47.0 Å². The number of aromatic nitrogens is 3. The number of nitrogens with one attached hydrogen (secondary N) is 1. The maximum absolute atomic E-state index is 12.9. The van der Waals surface area contributed by atoms with Crippen molar-refractivity contribution in [3.63, 3.8) is 0 Å². The highest BCUT2D eigenvalue weighted by atomic mass is 16.5. The van der Waals surface area contributed by atoms with E-state index in [1.54, 1.807) is 53.3 Å². The number of carbonyl (C=O) groups is 2. The van der Waals surface area contributed by atoms with Gasteiger partial charge in [0.05, 0.1) is 0 Å². The zero-order valence-corrected chi connectivity index (χ0v) is 19.8. The van der Waals surface area contributed by atoms with Gasteiger partial charge < -0.3 is 19.6 Å². The number of hydrogen-bond donors (Lipinski definition) is 2. The minimum atomic E-state index is -1.12. The number of nitrogens with zero attached hydrogens (tertiary/aromatic N) is 3. The molecule has 5 rings (SSSR count). The van der Waals surface area contributed by atoms with Gasteiger partial charge in [0.15, 0.2) is 0 Å². The molecule has 0 saturated heterocycles. The van der Waals surface area contributed by atoms with E-state index in [0.29, 0.717) is 18.0 Å². The van der Waals surface area contributed by atoms with Crippen LogP contribution in [0, 0.1) is 0 Å². The Morgan fingerprint density at radius 2 is 1.70 bits per heavy atom. The van der Waals surface area contributed by atoms with E-state index in [1.165, 1.54) is 0 Å². The molecule has 3 aromatic heterocycles. The van der Waals surface area contributed by atoms with Crippen LogP contribution in [0.15, 0.2) is 104 Å². The molecule has 3 heterocycles. The van der Waals surface area contributed by atoms with E-state index in [-0.39, 0.29) is 12.1 Å². The van der Waals surface area contributed by atoms with Crippen molar-refractivity contribution in [3.8, 4) is 16.9 Å². The van der Waals surface area contributed by atoms with Gasteiger partial charge in [-0.15, -0.1) is 0 Å². The third kappa shape index (κ3) is 5.82. The van der Waals surface area contributed by atoms with E-state index >= 15 is 0 Å². The maximum atomic E-state index is 12.9. The average molecular weight is 493 g/mol. The van der Waals surface area contributed by atoms with E-state index in [2.05, 4.69) is 15.3 Å². The van der Waals surface area contributed by atoms with Crippen LogP contribution in [0.2, 0.25) is 0 Å². The van der Waals surface area contributed by atoms with Crippen LogP contribution in [0.25, 0.3) is 16.8 Å². The van der Waals surface area contributed by atoms with Gasteiger partial charge in [-0.1, -0.05) is 48.5 Å². The Labute approximate surface area is 213 Å². The summed E-state index contributed by atoms with van der Waals surface area (Å²) in [6.07, 6.45) is 7.02. The Hall–Kier alpha value is -4.98. The molecule has 0 saturated carbocycles. The molecular formula is C29H24N4O4. The molecule has 0 aliphatic carbocycles. The smallest absolute Gasteiger partial charge is 0.326 e. The van der Waals surface area contributed by atoms with Crippen LogP contribution < -0.4 is 10.1 Å². The summed E-state index contributed by atoms with van der Waals surface area (Å²) in [6, 6.07) is 23.4. The van der Waals surface area contributed by atoms with Crippen LogP contribution in [-0.2, 0) is 17.8 Å². The first-order valence-electron chi connectivity index (χ1n) is 11.7. The topological polar surface area (TPSA) is 106 Å². The van der Waals surface area contributed by atoms with Gasteiger partial charge in [0.2, 0.25) is 0 Å². The summed E-state index contributed by atoms with van der Waals surface area (Å²) >= 11 is 0. The Morgan fingerprint density at radius 1 is 0.892 bits per heavy atom. The highest BCUT2D eigenvalue weighted by molar-refractivity contribution is 5.95. The fourth-order valence-corrected chi connectivity index (χ4v) is 3.94. The molecule has 1 amide bonds. The van der Waals surface area contributed by atoms with Gasteiger partial charge in [0.1, 0.15) is 29.7 Å². The van der Waals surface area contributed by atoms with Gasteiger partial charge >= 0.3 is 5.97 Å². The van der Waals surface area contributed by atoms with Crippen LogP contribution in [0.1, 0.15) is 21.6 Å². The second-order valence-corrected chi connectivity index (χ2v) is 8.54. The van der Waals surface area contributed by atoms with Crippen LogP contribution in [0.5, 0.6) is 5.75 Å². The first-order chi connectivity index (χ1) is 18.0. The van der Waals surface area contributed by atoms with Crippen molar-refractivity contribution in [2.75, 3.05) is 0 Å². The van der Waals surface area contributed by atoms with E-state index in [0.717, 1.165) is 22.3 Å². The van der Waals surface area contributed by atoms with Crippen molar-refractivity contribution in [1.82, 2.24) is 19.7 Å². The van der Waals surface area contributed by atoms with Gasteiger partial charge in [0.25, 0.3) is 5.91 Å². The molecule has 8 nitrogen and oxygen atoms in total. The molecule has 184 valence electrons. The molecule has 5 aromatic rings. The lowest BCUT2D eigenvalue weighted by Gasteiger charge is -2.14. The van der Waals surface area contributed by atoms with Gasteiger partial charge in [0, 0.05) is 36.8 Å². The predicted octanol–water partition coefficient (Wildman–Crippen LogP) is 4.40. The predicted molar refractivity (Wildman–Crippen MR) is 138 cm³/mol. The van der Waals surface area contributed by atoms with Crippen molar-refractivity contribution in [2.24, 2.45) is 0 Å². The van der Waals surface area contributed by atoms with Crippen molar-refractivity contribution in [1.29, 1.82) is 0 Å². The number of pyridine rings is 2. The Morgan fingerprint density at radius 3 is 2.43 bits per heavy atom. The monoisotopic (exact) mass is 492 g/mol. The van der Waals surface area contributed by atoms with E-state index in [4.69, 9.17) is 4.74 Å². The molecule has 0 bridgehead atoms. The SMILES string of the molecule is O=C(N[C@@H](Cc1ccc(OCc2ccccc2)cc1)C(=O)O)c1cn2cc(-c3cccnc3)ccc2n1. The molecule has 0 aliphatic heterocycles. The normalized spacial score (nSPS) is 11.7. The molecule has 2 N–H and O–H groups in total. The molecule has 1 atom stereocenters. The zero-order valence-electron chi connectivity index (χ0n) is 19.8. The lowest BCUT2D eigenvalue weighted by atomic mass is 10.1. The second-order valence-electron chi connectivity index (χ2n) is 8.54. The van der Waals surface area contributed by atoms with Gasteiger partial charge in [-0.3, -0.25) is 9.78 Å². The first kappa shape index (κ1) is 23.7. The number of carboxylic acid groups (broad SMARTS) is 1. The summed E-state index contributed by atoms with van der Waals surface area (Å²) in [6.45, 7) is 0.441. The molecule has 0 fully saturated rings. The first-order valence-corrected chi connectivity index (χ1v) is 11.7. The number of benzene rings is 2. The Balaban J connectivity index is 1.24. The van der Waals surface area contributed by atoms with Crippen molar-refractivity contribution in [3.05, 3.63) is 120 Å². The van der Waals surface area contributed by atoms with Crippen molar-refractivity contribution < 1.29 is 19.4 Å². The van der Waals surface area contributed by atoms with Crippen LogP contribution in [0.3, 0.4) is 0 Å². The third-order valence-electron chi connectivity index (χ3n) is 5.89. The largest absolute Gasteiger partial charge is 0.489 e. The van der Waals surface area contributed by atoms with Crippen LogP contribution in [-0.4, -0.2) is 37.4 Å². The van der Waals surface area contributed by atoms with E-state index in [1.807, 2.05) is 54.7 Å². The maximum Gasteiger partial charge on any atom is 0.326 e. The summed E-state index contributed by atoms with van der Waals surface area (Å²) in [7, 11) is 0. The minimum absolute atomic E-state index is 0.124. The fraction of sp³-hybridized carbons (Fsp3) is 0.103. The van der Waals surface area contributed by atoms with Crippen molar-refractivity contribution in [2.45, 2.75) is 19.1 Å². The average Bonchev–Trinajstić information content (AvgIpc) is 3.37. The van der Waals surface area contributed by atoms with Crippen LogP contribution in [0.4, 0.5) is 0 Å². The molecule has 37 heavy (non-hydrogen) atoms. The summed E-state index contributed by atoms with van der Waals surface area (Å²) in [5.74, 6) is -0.999. The standard InChI is InChI=1S/C29H24N4O4/c34-28(26-18-33-17-23(10-13-27(33)31-26)22-7-4-14-30-16-22)32-25(29(35)36)15-20-8-11-24(12-9-20)37-19-21-5-2-1-3-6-21/h1-14,16-18,25H,15,19H2,(H,32,34)(H,35,36)/t25-/m0/s1. The second kappa shape index (κ2) is 10.7. The third-order valence-corrected chi connectivity index (χ3v) is 5.89. The number of ether oxygens (including phenoxy) is 1. The number of imidazole rings is 1. The number of aliphatic carboxylic acids is 1. The lowest BCUT2D eigenvalue weighted by Crippen LogP contribution is -2.42. The zero-order chi connectivity index (χ0) is 25.6. The molecule has 0 radical (unpaired) electrons. The Kier molecular flexibility index (Phi) is 6.89. The highest BCUT2D eigenvalue weighted by Crippen LogP contribution is 2.19. The molecule has 0 aliphatic rings. The Bertz CT molecular complexity index is 1520. The molecule has 2 aromatic carbocycles. The number of amides is 1. The summed E-state index contributed by atoms with van der Waals surface area (Å²) in [4.78, 5) is 33.3.